The zero-order valence-corrected chi connectivity index (χ0v) is 9.13. The molecule has 3 nitrogen and oxygen atoms in total. The average Bonchev–Trinajstić information content (AvgIpc) is 2.60. The Morgan fingerprint density at radius 2 is 2.06 bits per heavy atom. The van der Waals surface area contributed by atoms with Gasteiger partial charge in [0.05, 0.1) is 0 Å². The molecule has 0 amide bonds. The van der Waals surface area contributed by atoms with Gasteiger partial charge in [0, 0.05) is 11.8 Å². The van der Waals surface area contributed by atoms with E-state index in [2.05, 4.69) is 10.2 Å². The molecule has 0 fully saturated rings. The van der Waals surface area contributed by atoms with Gasteiger partial charge in [-0.05, 0) is 43.0 Å². The van der Waals surface area contributed by atoms with Crippen molar-refractivity contribution in [3.8, 4) is 0 Å². The Morgan fingerprint density at radius 3 is 2.69 bits per heavy atom. The molecule has 0 saturated carbocycles. The minimum atomic E-state index is -0.181. The number of hydrogen-bond acceptors (Lipinski definition) is 2. The van der Waals surface area contributed by atoms with Gasteiger partial charge in [-0.25, -0.2) is 4.39 Å². The highest BCUT2D eigenvalue weighted by Gasteiger charge is 2.01. The highest BCUT2D eigenvalue weighted by Crippen LogP contribution is 2.11. The monoisotopic (exact) mass is 219 g/mol. The predicted molar refractivity (Wildman–Crippen MR) is 61.5 cm³/mol. The van der Waals surface area contributed by atoms with E-state index in [1.807, 2.05) is 13.0 Å². The maximum Gasteiger partial charge on any atom is 0.145 e. The SMILES string of the molecule is Cc1cc(F)cc(CCc2cc(N)n[nH]2)c1. The summed E-state index contributed by atoms with van der Waals surface area (Å²) < 4.78 is 13.1. The Kier molecular flexibility index (Phi) is 2.90. The molecule has 0 unspecified atom stereocenters. The molecule has 0 aliphatic heterocycles. The molecule has 2 aromatic rings. The zero-order chi connectivity index (χ0) is 11.5. The van der Waals surface area contributed by atoms with Crippen molar-refractivity contribution in [2.45, 2.75) is 19.8 Å². The summed E-state index contributed by atoms with van der Waals surface area (Å²) >= 11 is 0. The molecule has 2 rings (SSSR count). The topological polar surface area (TPSA) is 54.7 Å². The summed E-state index contributed by atoms with van der Waals surface area (Å²) in [6.07, 6.45) is 1.56. The van der Waals surface area contributed by atoms with E-state index in [-0.39, 0.29) is 5.82 Å². The van der Waals surface area contributed by atoms with Crippen LogP contribution in [-0.4, -0.2) is 10.2 Å². The number of aromatic amines is 1. The van der Waals surface area contributed by atoms with Gasteiger partial charge < -0.3 is 5.73 Å². The molecule has 0 radical (unpaired) electrons. The fourth-order valence-electron chi connectivity index (χ4n) is 1.74. The molecule has 1 aromatic heterocycles. The third kappa shape index (κ3) is 2.59. The van der Waals surface area contributed by atoms with Crippen molar-refractivity contribution in [1.82, 2.24) is 10.2 Å². The Labute approximate surface area is 93.5 Å². The molecule has 3 N–H and O–H groups in total. The standard InChI is InChI=1S/C12H14FN3/c1-8-4-9(6-10(13)5-8)2-3-11-7-12(14)16-15-11/h4-7H,2-3H2,1H3,(H3,14,15,16). The van der Waals surface area contributed by atoms with Crippen LogP contribution < -0.4 is 5.73 Å². The lowest BCUT2D eigenvalue weighted by Crippen LogP contribution is -1.93. The highest BCUT2D eigenvalue weighted by atomic mass is 19.1. The van der Waals surface area contributed by atoms with Crippen LogP contribution in [0.1, 0.15) is 16.8 Å². The minimum absolute atomic E-state index is 0.181. The van der Waals surface area contributed by atoms with Crippen molar-refractivity contribution in [3.05, 3.63) is 46.9 Å². The van der Waals surface area contributed by atoms with Gasteiger partial charge in [0.25, 0.3) is 0 Å². The molecule has 1 heterocycles. The van der Waals surface area contributed by atoms with Gasteiger partial charge in [0.15, 0.2) is 0 Å². The summed E-state index contributed by atoms with van der Waals surface area (Å²) in [6, 6.07) is 6.87. The number of nitrogen functional groups attached to an aromatic ring is 1. The van der Waals surface area contributed by atoms with Gasteiger partial charge in [-0.15, -0.1) is 0 Å². The predicted octanol–water partition coefficient (Wildman–Crippen LogP) is 2.22. The Bertz CT molecular complexity index is 471. The third-order valence-corrected chi connectivity index (χ3v) is 2.44. The Balaban J connectivity index is 2.04. The van der Waals surface area contributed by atoms with Gasteiger partial charge in [0.1, 0.15) is 11.6 Å². The second kappa shape index (κ2) is 4.35. The number of nitrogens with one attached hydrogen (secondary N) is 1. The van der Waals surface area contributed by atoms with Crippen LogP contribution in [0.5, 0.6) is 0 Å². The number of aromatic nitrogens is 2. The minimum Gasteiger partial charge on any atom is -0.382 e. The van der Waals surface area contributed by atoms with Crippen LogP contribution in [0.3, 0.4) is 0 Å². The lowest BCUT2D eigenvalue weighted by atomic mass is 10.1. The van der Waals surface area contributed by atoms with Crippen LogP contribution in [0.15, 0.2) is 24.3 Å². The van der Waals surface area contributed by atoms with Gasteiger partial charge in [-0.3, -0.25) is 5.10 Å². The van der Waals surface area contributed by atoms with Crippen LogP contribution in [0.25, 0.3) is 0 Å². The molecule has 0 saturated heterocycles. The van der Waals surface area contributed by atoms with E-state index in [1.54, 1.807) is 12.1 Å². The average molecular weight is 219 g/mol. The summed E-state index contributed by atoms with van der Waals surface area (Å²) in [7, 11) is 0. The molecular formula is C12H14FN3. The fourth-order valence-corrected chi connectivity index (χ4v) is 1.74. The number of aryl methyl sites for hydroxylation is 3. The third-order valence-electron chi connectivity index (χ3n) is 2.44. The number of rotatable bonds is 3. The first-order chi connectivity index (χ1) is 7.63. The molecule has 0 spiro atoms. The maximum atomic E-state index is 13.1. The van der Waals surface area contributed by atoms with Crippen molar-refractivity contribution in [2.24, 2.45) is 0 Å². The lowest BCUT2D eigenvalue weighted by Gasteiger charge is -2.02. The molecule has 0 aliphatic carbocycles. The van der Waals surface area contributed by atoms with E-state index >= 15 is 0 Å². The molecule has 16 heavy (non-hydrogen) atoms. The van der Waals surface area contributed by atoms with E-state index in [9.17, 15) is 4.39 Å². The number of anilines is 1. The second-order valence-corrected chi connectivity index (χ2v) is 3.95. The van der Waals surface area contributed by atoms with Crippen molar-refractivity contribution < 1.29 is 4.39 Å². The number of H-pyrrole nitrogens is 1. The number of nitrogens with zero attached hydrogens (tertiary/aromatic N) is 1. The summed E-state index contributed by atoms with van der Waals surface area (Å²) in [5.74, 6) is 0.310. The van der Waals surface area contributed by atoms with Crippen LogP contribution in [0.2, 0.25) is 0 Å². The first-order valence-corrected chi connectivity index (χ1v) is 5.19. The Hall–Kier alpha value is -1.84. The highest BCUT2D eigenvalue weighted by molar-refractivity contribution is 5.29. The summed E-state index contributed by atoms with van der Waals surface area (Å²) in [5, 5.41) is 6.68. The fraction of sp³-hybridized carbons (Fsp3) is 0.250. The normalized spacial score (nSPS) is 10.6. The number of hydrogen-bond donors (Lipinski definition) is 2. The van der Waals surface area contributed by atoms with E-state index in [1.165, 1.54) is 6.07 Å². The van der Waals surface area contributed by atoms with Gasteiger partial charge in [0.2, 0.25) is 0 Å². The van der Waals surface area contributed by atoms with Crippen molar-refractivity contribution in [1.29, 1.82) is 0 Å². The van der Waals surface area contributed by atoms with Crippen LogP contribution in [0, 0.1) is 12.7 Å². The van der Waals surface area contributed by atoms with Crippen molar-refractivity contribution in [2.75, 3.05) is 5.73 Å². The van der Waals surface area contributed by atoms with E-state index in [0.29, 0.717) is 5.82 Å². The molecule has 0 bridgehead atoms. The summed E-state index contributed by atoms with van der Waals surface area (Å²) in [6.45, 7) is 1.89. The Morgan fingerprint density at radius 1 is 1.25 bits per heavy atom. The van der Waals surface area contributed by atoms with E-state index in [0.717, 1.165) is 29.7 Å². The second-order valence-electron chi connectivity index (χ2n) is 3.95. The summed E-state index contributed by atoms with van der Waals surface area (Å²) in [5.41, 5.74) is 8.40. The first-order valence-electron chi connectivity index (χ1n) is 5.19. The molecule has 0 aliphatic rings. The number of benzene rings is 1. The van der Waals surface area contributed by atoms with Crippen LogP contribution >= 0.6 is 0 Å². The molecule has 0 atom stereocenters. The smallest absolute Gasteiger partial charge is 0.145 e. The summed E-state index contributed by atoms with van der Waals surface area (Å²) in [4.78, 5) is 0. The number of nitrogens with two attached hydrogens (primary N) is 1. The van der Waals surface area contributed by atoms with Gasteiger partial charge in [-0.1, -0.05) is 6.07 Å². The van der Waals surface area contributed by atoms with Crippen molar-refractivity contribution in [3.63, 3.8) is 0 Å². The van der Waals surface area contributed by atoms with Crippen LogP contribution in [0.4, 0.5) is 10.2 Å². The van der Waals surface area contributed by atoms with Gasteiger partial charge in [-0.2, -0.15) is 5.10 Å². The lowest BCUT2D eigenvalue weighted by molar-refractivity contribution is 0.623. The first kappa shape index (κ1) is 10.7. The molecule has 84 valence electrons. The van der Waals surface area contributed by atoms with Crippen LogP contribution in [-0.2, 0) is 12.8 Å². The van der Waals surface area contributed by atoms with Crippen molar-refractivity contribution >= 4 is 5.82 Å². The maximum absolute atomic E-state index is 13.1. The van der Waals surface area contributed by atoms with E-state index < -0.39 is 0 Å². The zero-order valence-electron chi connectivity index (χ0n) is 9.13. The molecule has 4 heteroatoms. The number of halogens is 1. The quantitative estimate of drug-likeness (QED) is 0.831. The molecule has 1 aromatic carbocycles. The van der Waals surface area contributed by atoms with E-state index in [4.69, 9.17) is 5.73 Å². The molecular weight excluding hydrogens is 205 g/mol. The van der Waals surface area contributed by atoms with Gasteiger partial charge >= 0.3 is 0 Å². The largest absolute Gasteiger partial charge is 0.382 e.